The van der Waals surface area contributed by atoms with Crippen molar-refractivity contribution in [2.45, 2.75) is 33.2 Å². The maximum Gasteiger partial charge on any atom is 0.358 e. The molecule has 0 amide bonds. The Morgan fingerprint density at radius 1 is 1.12 bits per heavy atom. The van der Waals surface area contributed by atoms with E-state index >= 15 is 0 Å². The largest absolute Gasteiger partial charge is 0.484 e. The van der Waals surface area contributed by atoms with E-state index in [0.717, 1.165) is 0 Å². The van der Waals surface area contributed by atoms with Gasteiger partial charge < -0.3 is 18.6 Å². The third kappa shape index (κ3) is 4.42. The monoisotopic (exact) mass is 446 g/mol. The van der Waals surface area contributed by atoms with Crippen LogP contribution in [0.15, 0.2) is 41.2 Å². The minimum atomic E-state index is -2.81. The van der Waals surface area contributed by atoms with Crippen molar-refractivity contribution in [3.8, 4) is 5.75 Å². The van der Waals surface area contributed by atoms with Crippen LogP contribution < -0.4 is 10.3 Å². The maximum atomic E-state index is 13.5. The van der Waals surface area contributed by atoms with Gasteiger partial charge in [-0.05, 0) is 19.4 Å². The summed E-state index contributed by atoms with van der Waals surface area (Å²) in [7, 11) is 1.53. The molecule has 2 aromatic heterocycles. The number of aryl methyl sites for hydroxylation is 2. The first-order valence-corrected chi connectivity index (χ1v) is 10.2. The Bertz CT molecular complexity index is 1200. The molecule has 0 aliphatic rings. The number of hydrogen-bond donors (Lipinski definition) is 0. The molecule has 0 saturated heterocycles. The maximum absolute atomic E-state index is 13.5. The minimum absolute atomic E-state index is 0.0470. The average molecular weight is 446 g/mol. The number of halogens is 2. The van der Waals surface area contributed by atoms with Crippen LogP contribution in [0.2, 0.25) is 0 Å². The molecule has 3 rings (SSSR count). The number of rotatable bonds is 9. The molecular weight excluding hydrogens is 422 g/mol. The topological polar surface area (TPSA) is 79.5 Å². The van der Waals surface area contributed by atoms with E-state index in [1.165, 1.54) is 16.2 Å². The molecule has 3 aromatic rings. The number of pyridine rings is 1. The van der Waals surface area contributed by atoms with Crippen LogP contribution in [0.3, 0.4) is 0 Å². The molecular formula is C23H24F2N2O5. The lowest BCUT2D eigenvalue weighted by Crippen LogP contribution is -2.27. The SMILES string of the molecule is CCOC(=O)c1c(OCC(F)F)c2c(=O)n(CC(=O)c3ccccc3)c(CC)cc2n1C. The zero-order valence-corrected chi connectivity index (χ0v) is 18.1. The van der Waals surface area contributed by atoms with E-state index in [9.17, 15) is 23.2 Å². The van der Waals surface area contributed by atoms with Gasteiger partial charge in [-0.1, -0.05) is 37.3 Å². The number of Topliss-reactive ketones (excluding diaryl/α,β-unsaturated/α-hetero) is 1. The van der Waals surface area contributed by atoms with E-state index in [1.54, 1.807) is 43.3 Å². The number of fused-ring (bicyclic) bond motifs is 1. The predicted molar refractivity (Wildman–Crippen MR) is 115 cm³/mol. The summed E-state index contributed by atoms with van der Waals surface area (Å²) >= 11 is 0. The molecule has 9 heteroatoms. The van der Waals surface area contributed by atoms with Gasteiger partial charge in [0.1, 0.15) is 12.0 Å². The van der Waals surface area contributed by atoms with E-state index in [-0.39, 0.29) is 35.8 Å². The minimum Gasteiger partial charge on any atom is -0.484 e. The van der Waals surface area contributed by atoms with Gasteiger partial charge in [0.15, 0.2) is 17.2 Å². The quantitative estimate of drug-likeness (QED) is 0.371. The standard InChI is InChI=1S/C23H24F2N2O5/c1-4-15-11-16-19(22(29)27(15)12-17(28)14-9-7-6-8-10-14)21(32-13-18(24)25)20(26(16)3)23(30)31-5-2/h6-11,18H,4-5,12-13H2,1-3H3. The molecule has 7 nitrogen and oxygen atoms in total. The molecule has 2 heterocycles. The molecule has 0 bridgehead atoms. The molecule has 0 N–H and O–H groups in total. The Hall–Kier alpha value is -3.49. The number of benzene rings is 1. The predicted octanol–water partition coefficient (Wildman–Crippen LogP) is 3.61. The van der Waals surface area contributed by atoms with Crippen molar-refractivity contribution in [1.82, 2.24) is 9.13 Å². The number of nitrogens with zero attached hydrogens (tertiary/aromatic N) is 2. The summed E-state index contributed by atoms with van der Waals surface area (Å²) in [6.45, 7) is 2.26. The van der Waals surface area contributed by atoms with Gasteiger partial charge in [0, 0.05) is 18.3 Å². The number of ether oxygens (including phenoxy) is 2. The van der Waals surface area contributed by atoms with Crippen molar-refractivity contribution < 1.29 is 27.8 Å². The van der Waals surface area contributed by atoms with Gasteiger partial charge >= 0.3 is 5.97 Å². The van der Waals surface area contributed by atoms with Gasteiger partial charge in [-0.25, -0.2) is 13.6 Å². The summed E-state index contributed by atoms with van der Waals surface area (Å²) in [4.78, 5) is 38.8. The highest BCUT2D eigenvalue weighted by molar-refractivity contribution is 6.02. The van der Waals surface area contributed by atoms with E-state index in [1.807, 2.05) is 6.92 Å². The Morgan fingerprint density at radius 2 is 1.81 bits per heavy atom. The number of carbonyl (C=O) groups is 2. The number of hydrogen-bond acceptors (Lipinski definition) is 5. The first-order chi connectivity index (χ1) is 15.3. The van der Waals surface area contributed by atoms with Crippen molar-refractivity contribution in [3.63, 3.8) is 0 Å². The smallest absolute Gasteiger partial charge is 0.358 e. The molecule has 0 atom stereocenters. The lowest BCUT2D eigenvalue weighted by molar-refractivity contribution is 0.0497. The van der Waals surface area contributed by atoms with Crippen LogP contribution in [0.25, 0.3) is 10.9 Å². The van der Waals surface area contributed by atoms with Crippen LogP contribution in [0.5, 0.6) is 5.75 Å². The van der Waals surface area contributed by atoms with E-state index in [2.05, 4.69) is 0 Å². The van der Waals surface area contributed by atoms with Crippen molar-refractivity contribution in [1.29, 1.82) is 0 Å². The van der Waals surface area contributed by atoms with E-state index in [0.29, 0.717) is 23.2 Å². The van der Waals surface area contributed by atoms with Gasteiger partial charge in [-0.3, -0.25) is 9.59 Å². The molecule has 0 fully saturated rings. The molecule has 0 radical (unpaired) electrons. The lowest BCUT2D eigenvalue weighted by Gasteiger charge is -2.13. The van der Waals surface area contributed by atoms with Gasteiger partial charge in [0.25, 0.3) is 12.0 Å². The number of aromatic nitrogens is 2. The second kappa shape index (κ2) is 9.76. The zero-order chi connectivity index (χ0) is 23.4. The van der Waals surface area contributed by atoms with Crippen LogP contribution in [0.4, 0.5) is 8.78 Å². The van der Waals surface area contributed by atoms with Crippen LogP contribution in [-0.2, 0) is 24.8 Å². The molecule has 0 unspecified atom stereocenters. The normalized spacial score (nSPS) is 11.2. The summed E-state index contributed by atoms with van der Waals surface area (Å²) in [5.41, 5.74) is 0.606. The highest BCUT2D eigenvalue weighted by atomic mass is 19.3. The highest BCUT2D eigenvalue weighted by Gasteiger charge is 2.28. The summed E-state index contributed by atoms with van der Waals surface area (Å²) in [6, 6.07) is 10.2. The molecule has 0 aliphatic carbocycles. The molecule has 170 valence electrons. The van der Waals surface area contributed by atoms with Crippen LogP contribution >= 0.6 is 0 Å². The Balaban J connectivity index is 2.23. The number of carbonyl (C=O) groups excluding carboxylic acids is 2. The summed E-state index contributed by atoms with van der Waals surface area (Å²) < 4.78 is 38.7. The number of alkyl halides is 2. The summed E-state index contributed by atoms with van der Waals surface area (Å²) in [5.74, 6) is -1.34. The molecule has 32 heavy (non-hydrogen) atoms. The molecule has 0 saturated carbocycles. The Morgan fingerprint density at radius 3 is 2.41 bits per heavy atom. The zero-order valence-electron chi connectivity index (χ0n) is 18.1. The second-order valence-corrected chi connectivity index (χ2v) is 7.09. The molecule has 1 aromatic carbocycles. The molecule has 0 aliphatic heterocycles. The Kier molecular flexibility index (Phi) is 7.07. The van der Waals surface area contributed by atoms with Crippen molar-refractivity contribution in [2.24, 2.45) is 7.05 Å². The molecule has 0 spiro atoms. The van der Waals surface area contributed by atoms with Gasteiger partial charge in [-0.2, -0.15) is 0 Å². The van der Waals surface area contributed by atoms with E-state index < -0.39 is 24.6 Å². The third-order valence-electron chi connectivity index (χ3n) is 5.09. The number of ketones is 1. The van der Waals surface area contributed by atoms with Gasteiger partial charge in [0.05, 0.1) is 18.7 Å². The van der Waals surface area contributed by atoms with Gasteiger partial charge in [-0.15, -0.1) is 0 Å². The fourth-order valence-corrected chi connectivity index (χ4v) is 3.59. The first kappa shape index (κ1) is 23.2. The number of esters is 1. The van der Waals surface area contributed by atoms with E-state index in [4.69, 9.17) is 9.47 Å². The van der Waals surface area contributed by atoms with Gasteiger partial charge in [0.2, 0.25) is 0 Å². The first-order valence-electron chi connectivity index (χ1n) is 10.2. The Labute approximate surface area is 183 Å². The second-order valence-electron chi connectivity index (χ2n) is 7.09. The summed E-state index contributed by atoms with van der Waals surface area (Å²) in [5, 5.41) is -0.0470. The van der Waals surface area contributed by atoms with Crippen molar-refractivity contribution in [2.75, 3.05) is 13.2 Å². The summed E-state index contributed by atoms with van der Waals surface area (Å²) in [6.07, 6.45) is -2.38. The average Bonchev–Trinajstić information content (AvgIpc) is 3.06. The van der Waals surface area contributed by atoms with Crippen LogP contribution in [0, 0.1) is 0 Å². The van der Waals surface area contributed by atoms with Crippen molar-refractivity contribution >= 4 is 22.7 Å². The lowest BCUT2D eigenvalue weighted by atomic mass is 10.1. The third-order valence-corrected chi connectivity index (χ3v) is 5.09. The fraction of sp³-hybridized carbons (Fsp3) is 0.348. The highest BCUT2D eigenvalue weighted by Crippen LogP contribution is 2.32. The van der Waals surface area contributed by atoms with Crippen LogP contribution in [-0.4, -0.2) is 40.5 Å². The van der Waals surface area contributed by atoms with Crippen LogP contribution in [0.1, 0.15) is 40.4 Å². The van der Waals surface area contributed by atoms with Crippen molar-refractivity contribution in [3.05, 3.63) is 63.7 Å². The fourth-order valence-electron chi connectivity index (χ4n) is 3.59.